The predicted molar refractivity (Wildman–Crippen MR) is 66.9 cm³/mol. The van der Waals surface area contributed by atoms with Crippen molar-refractivity contribution in [3.8, 4) is 5.75 Å². The van der Waals surface area contributed by atoms with E-state index in [1.165, 1.54) is 24.7 Å². The maximum Gasteiger partial charge on any atom is 0.416 e. The molecule has 0 aliphatic rings. The monoisotopic (exact) mass is 283 g/mol. The van der Waals surface area contributed by atoms with Gasteiger partial charge in [-0.3, -0.25) is 9.97 Å². The Labute approximate surface area is 113 Å². The maximum atomic E-state index is 12.5. The summed E-state index contributed by atoms with van der Waals surface area (Å²) in [5.41, 5.74) is 5.26. The van der Waals surface area contributed by atoms with Crippen LogP contribution in [0.3, 0.4) is 0 Å². The molecule has 1 atom stereocenters. The fraction of sp³-hybridized carbons (Fsp3) is 0.231. The van der Waals surface area contributed by atoms with Gasteiger partial charge in [-0.1, -0.05) is 0 Å². The van der Waals surface area contributed by atoms with Crippen molar-refractivity contribution in [1.29, 1.82) is 0 Å². The van der Waals surface area contributed by atoms with Gasteiger partial charge in [-0.15, -0.1) is 0 Å². The number of ether oxygens (including phenoxy) is 1. The van der Waals surface area contributed by atoms with Gasteiger partial charge < -0.3 is 10.5 Å². The molecule has 7 heteroatoms. The third-order valence-electron chi connectivity index (χ3n) is 2.64. The van der Waals surface area contributed by atoms with E-state index >= 15 is 0 Å². The average molecular weight is 283 g/mol. The van der Waals surface area contributed by atoms with Crippen LogP contribution < -0.4 is 10.5 Å². The number of alkyl halides is 3. The first-order valence-corrected chi connectivity index (χ1v) is 5.77. The van der Waals surface area contributed by atoms with E-state index < -0.39 is 17.8 Å². The minimum Gasteiger partial charge on any atom is -0.482 e. The van der Waals surface area contributed by atoms with Crippen molar-refractivity contribution in [3.63, 3.8) is 0 Å². The lowest BCUT2D eigenvalue weighted by Crippen LogP contribution is -2.09. The number of nitrogens with two attached hydrogens (primary N) is 1. The quantitative estimate of drug-likeness (QED) is 0.879. The molecule has 106 valence electrons. The molecule has 0 saturated heterocycles. The highest BCUT2D eigenvalue weighted by atomic mass is 19.4. The summed E-state index contributed by atoms with van der Waals surface area (Å²) in [6.07, 6.45) is -0.356. The second-order valence-electron chi connectivity index (χ2n) is 4.14. The van der Waals surface area contributed by atoms with Crippen LogP contribution in [0.1, 0.15) is 24.3 Å². The lowest BCUT2D eigenvalue weighted by atomic mass is 10.2. The zero-order valence-corrected chi connectivity index (χ0v) is 10.6. The van der Waals surface area contributed by atoms with E-state index in [1.807, 2.05) is 0 Å². The SMILES string of the molecule is CC(Oc1ccc(C(F)(F)F)cc1N)c1cnccn1. The van der Waals surface area contributed by atoms with Crippen LogP contribution in [0, 0.1) is 0 Å². The highest BCUT2D eigenvalue weighted by Gasteiger charge is 2.31. The zero-order valence-electron chi connectivity index (χ0n) is 10.6. The summed E-state index contributed by atoms with van der Waals surface area (Å²) < 4.78 is 43.0. The van der Waals surface area contributed by atoms with Crippen molar-refractivity contribution in [2.24, 2.45) is 0 Å². The van der Waals surface area contributed by atoms with E-state index in [-0.39, 0.29) is 11.4 Å². The second kappa shape index (κ2) is 5.36. The van der Waals surface area contributed by atoms with Crippen LogP contribution in [0.4, 0.5) is 18.9 Å². The Bertz CT molecular complexity index is 587. The van der Waals surface area contributed by atoms with Crippen LogP contribution >= 0.6 is 0 Å². The molecule has 1 aromatic carbocycles. The molecule has 1 aromatic heterocycles. The van der Waals surface area contributed by atoms with Gasteiger partial charge in [0.25, 0.3) is 0 Å². The van der Waals surface area contributed by atoms with E-state index in [0.29, 0.717) is 5.69 Å². The minimum atomic E-state index is -4.43. The Hall–Kier alpha value is -2.31. The van der Waals surface area contributed by atoms with Gasteiger partial charge in [0.15, 0.2) is 0 Å². The van der Waals surface area contributed by atoms with Crippen molar-refractivity contribution >= 4 is 5.69 Å². The van der Waals surface area contributed by atoms with Crippen LogP contribution in [-0.4, -0.2) is 9.97 Å². The Balaban J connectivity index is 2.18. The number of hydrogen-bond donors (Lipinski definition) is 1. The van der Waals surface area contributed by atoms with Gasteiger partial charge in [0.1, 0.15) is 11.9 Å². The van der Waals surface area contributed by atoms with Crippen molar-refractivity contribution < 1.29 is 17.9 Å². The Kier molecular flexibility index (Phi) is 3.78. The van der Waals surface area contributed by atoms with Gasteiger partial charge in [0.2, 0.25) is 0 Å². The van der Waals surface area contributed by atoms with Crippen molar-refractivity contribution in [3.05, 3.63) is 48.0 Å². The van der Waals surface area contributed by atoms with Crippen LogP contribution in [0.2, 0.25) is 0 Å². The number of benzene rings is 1. The fourth-order valence-corrected chi connectivity index (χ4v) is 1.60. The molecule has 1 heterocycles. The number of nitrogen functional groups attached to an aromatic ring is 1. The molecule has 0 aliphatic carbocycles. The largest absolute Gasteiger partial charge is 0.482 e. The number of aromatic nitrogens is 2. The smallest absolute Gasteiger partial charge is 0.416 e. The molecule has 0 amide bonds. The normalized spacial score (nSPS) is 13.0. The molecule has 20 heavy (non-hydrogen) atoms. The number of anilines is 1. The third kappa shape index (κ3) is 3.17. The third-order valence-corrected chi connectivity index (χ3v) is 2.64. The summed E-state index contributed by atoms with van der Waals surface area (Å²) >= 11 is 0. The topological polar surface area (TPSA) is 61.0 Å². The Morgan fingerprint density at radius 1 is 1.25 bits per heavy atom. The highest BCUT2D eigenvalue weighted by molar-refractivity contribution is 5.55. The summed E-state index contributed by atoms with van der Waals surface area (Å²) in [5.74, 6) is 0.177. The molecule has 4 nitrogen and oxygen atoms in total. The molecule has 0 radical (unpaired) electrons. The summed E-state index contributed by atoms with van der Waals surface area (Å²) in [4.78, 5) is 7.95. The van der Waals surface area contributed by atoms with Crippen LogP contribution in [0.15, 0.2) is 36.8 Å². The van der Waals surface area contributed by atoms with E-state index in [0.717, 1.165) is 12.1 Å². The first-order valence-electron chi connectivity index (χ1n) is 5.77. The minimum absolute atomic E-state index is 0.0736. The van der Waals surface area contributed by atoms with Gasteiger partial charge in [-0.05, 0) is 25.1 Å². The molecular formula is C13H12F3N3O. The van der Waals surface area contributed by atoms with Gasteiger partial charge in [0, 0.05) is 12.4 Å². The van der Waals surface area contributed by atoms with Gasteiger partial charge in [0.05, 0.1) is 23.1 Å². The Morgan fingerprint density at radius 3 is 2.55 bits per heavy atom. The van der Waals surface area contributed by atoms with Gasteiger partial charge >= 0.3 is 6.18 Å². The predicted octanol–water partition coefficient (Wildman–Crippen LogP) is 3.22. The number of halogens is 3. The molecular weight excluding hydrogens is 271 g/mol. The molecule has 0 bridgehead atoms. The van der Waals surface area contributed by atoms with E-state index in [9.17, 15) is 13.2 Å². The standard InChI is InChI=1S/C13H12F3N3O/c1-8(11-7-18-4-5-19-11)20-12-3-2-9(6-10(12)17)13(14,15)16/h2-8H,17H2,1H3. The lowest BCUT2D eigenvalue weighted by molar-refractivity contribution is -0.137. The van der Waals surface area contributed by atoms with Crippen molar-refractivity contribution in [2.45, 2.75) is 19.2 Å². The van der Waals surface area contributed by atoms with Crippen LogP contribution in [-0.2, 0) is 6.18 Å². The molecule has 2 N–H and O–H groups in total. The first-order chi connectivity index (χ1) is 9.38. The van der Waals surface area contributed by atoms with E-state index in [2.05, 4.69) is 9.97 Å². The Morgan fingerprint density at radius 2 is 2.00 bits per heavy atom. The summed E-state index contributed by atoms with van der Waals surface area (Å²) in [7, 11) is 0. The zero-order chi connectivity index (χ0) is 14.8. The number of nitrogens with zero attached hydrogens (tertiary/aromatic N) is 2. The van der Waals surface area contributed by atoms with Crippen molar-refractivity contribution in [2.75, 3.05) is 5.73 Å². The molecule has 0 fully saturated rings. The first kappa shape index (κ1) is 14.1. The molecule has 0 spiro atoms. The number of hydrogen-bond acceptors (Lipinski definition) is 4. The van der Waals surface area contributed by atoms with E-state index in [1.54, 1.807) is 6.92 Å². The summed E-state index contributed by atoms with van der Waals surface area (Å²) in [6, 6.07) is 2.97. The van der Waals surface area contributed by atoms with Crippen LogP contribution in [0.5, 0.6) is 5.75 Å². The van der Waals surface area contributed by atoms with Crippen molar-refractivity contribution in [1.82, 2.24) is 9.97 Å². The van der Waals surface area contributed by atoms with Gasteiger partial charge in [-0.2, -0.15) is 13.2 Å². The maximum absolute atomic E-state index is 12.5. The van der Waals surface area contributed by atoms with E-state index in [4.69, 9.17) is 10.5 Å². The molecule has 2 rings (SSSR count). The second-order valence-corrected chi connectivity index (χ2v) is 4.14. The highest BCUT2D eigenvalue weighted by Crippen LogP contribution is 2.34. The molecule has 0 aliphatic heterocycles. The number of rotatable bonds is 3. The molecule has 1 unspecified atom stereocenters. The summed E-state index contributed by atoms with van der Waals surface area (Å²) in [6.45, 7) is 1.71. The summed E-state index contributed by atoms with van der Waals surface area (Å²) in [5, 5.41) is 0. The van der Waals surface area contributed by atoms with Crippen LogP contribution in [0.25, 0.3) is 0 Å². The lowest BCUT2D eigenvalue weighted by Gasteiger charge is -2.16. The molecule has 2 aromatic rings. The molecule has 0 saturated carbocycles. The fourth-order valence-electron chi connectivity index (χ4n) is 1.60. The average Bonchev–Trinajstić information content (AvgIpc) is 2.41. The van der Waals surface area contributed by atoms with Gasteiger partial charge in [-0.25, -0.2) is 0 Å².